The summed E-state index contributed by atoms with van der Waals surface area (Å²) in [7, 11) is 0. The van der Waals surface area contributed by atoms with Crippen LogP contribution in [0.15, 0.2) is 12.1 Å². The number of halogens is 1. The molecule has 0 aromatic heterocycles. The van der Waals surface area contributed by atoms with Crippen molar-refractivity contribution in [3.05, 3.63) is 22.7 Å². The number of aliphatic carboxylic acids is 1. The van der Waals surface area contributed by atoms with Gasteiger partial charge >= 0.3 is 5.97 Å². The predicted octanol–water partition coefficient (Wildman–Crippen LogP) is 2.75. The summed E-state index contributed by atoms with van der Waals surface area (Å²) in [6.07, 6.45) is 1.10. The molecule has 0 amide bonds. The van der Waals surface area contributed by atoms with Crippen LogP contribution in [0.2, 0.25) is 5.02 Å². The standard InChI is InChI=1S/C13H17ClN2O2/c1-9-7-10(14)13-11(8-9)15-4-2-5-16(13)6-3-12(17)18/h7-8,15H,2-6H2,1H3,(H,17,18). The Balaban J connectivity index is 2.31. The van der Waals surface area contributed by atoms with E-state index in [1.807, 2.05) is 13.0 Å². The Morgan fingerprint density at radius 1 is 1.56 bits per heavy atom. The number of fused-ring (bicyclic) bond motifs is 1. The highest BCUT2D eigenvalue weighted by Crippen LogP contribution is 2.36. The van der Waals surface area contributed by atoms with Crippen molar-refractivity contribution < 1.29 is 9.90 Å². The Morgan fingerprint density at radius 3 is 3.06 bits per heavy atom. The van der Waals surface area contributed by atoms with E-state index >= 15 is 0 Å². The quantitative estimate of drug-likeness (QED) is 0.885. The number of aryl methyl sites for hydroxylation is 1. The van der Waals surface area contributed by atoms with Crippen LogP contribution in [0.1, 0.15) is 18.4 Å². The molecule has 18 heavy (non-hydrogen) atoms. The van der Waals surface area contributed by atoms with Crippen molar-refractivity contribution in [2.24, 2.45) is 0 Å². The molecule has 0 radical (unpaired) electrons. The number of hydrogen-bond acceptors (Lipinski definition) is 3. The van der Waals surface area contributed by atoms with Crippen molar-refractivity contribution in [3.63, 3.8) is 0 Å². The average Bonchev–Trinajstić information content (AvgIpc) is 2.48. The van der Waals surface area contributed by atoms with Crippen LogP contribution in [-0.2, 0) is 4.79 Å². The van der Waals surface area contributed by atoms with E-state index in [-0.39, 0.29) is 6.42 Å². The molecule has 0 unspecified atom stereocenters. The van der Waals surface area contributed by atoms with Gasteiger partial charge < -0.3 is 15.3 Å². The molecule has 1 aromatic carbocycles. The first-order valence-electron chi connectivity index (χ1n) is 6.08. The first-order chi connectivity index (χ1) is 8.58. The fourth-order valence-electron chi connectivity index (χ4n) is 2.25. The van der Waals surface area contributed by atoms with E-state index in [0.717, 1.165) is 36.4 Å². The van der Waals surface area contributed by atoms with E-state index in [0.29, 0.717) is 11.6 Å². The summed E-state index contributed by atoms with van der Waals surface area (Å²) < 4.78 is 0. The zero-order valence-electron chi connectivity index (χ0n) is 10.4. The van der Waals surface area contributed by atoms with Crippen molar-refractivity contribution in [1.29, 1.82) is 0 Å². The second kappa shape index (κ2) is 5.48. The summed E-state index contributed by atoms with van der Waals surface area (Å²) in [6, 6.07) is 3.97. The monoisotopic (exact) mass is 268 g/mol. The second-order valence-electron chi connectivity index (χ2n) is 4.55. The summed E-state index contributed by atoms with van der Waals surface area (Å²) in [5.41, 5.74) is 3.04. The van der Waals surface area contributed by atoms with Crippen LogP contribution < -0.4 is 10.2 Å². The molecule has 5 heteroatoms. The third kappa shape index (κ3) is 2.88. The topological polar surface area (TPSA) is 52.6 Å². The molecule has 4 nitrogen and oxygen atoms in total. The predicted molar refractivity (Wildman–Crippen MR) is 73.8 cm³/mol. The zero-order valence-corrected chi connectivity index (χ0v) is 11.1. The number of hydrogen-bond donors (Lipinski definition) is 2. The lowest BCUT2D eigenvalue weighted by Crippen LogP contribution is -2.27. The molecule has 1 aromatic rings. The molecule has 0 bridgehead atoms. The number of carbonyl (C=O) groups is 1. The average molecular weight is 269 g/mol. The van der Waals surface area contributed by atoms with E-state index in [2.05, 4.69) is 16.3 Å². The number of nitrogens with one attached hydrogen (secondary N) is 1. The molecule has 0 atom stereocenters. The van der Waals surface area contributed by atoms with Gasteiger partial charge in [0.05, 0.1) is 22.8 Å². The maximum Gasteiger partial charge on any atom is 0.305 e. The van der Waals surface area contributed by atoms with Gasteiger partial charge in [0.1, 0.15) is 0 Å². The molecule has 1 aliphatic heterocycles. The van der Waals surface area contributed by atoms with Gasteiger partial charge in [0.15, 0.2) is 0 Å². The third-order valence-corrected chi connectivity index (χ3v) is 3.33. The first-order valence-corrected chi connectivity index (χ1v) is 6.46. The summed E-state index contributed by atoms with van der Waals surface area (Å²) in [5, 5.41) is 12.8. The molecular weight excluding hydrogens is 252 g/mol. The Morgan fingerprint density at radius 2 is 2.33 bits per heavy atom. The maximum absolute atomic E-state index is 10.7. The third-order valence-electron chi connectivity index (χ3n) is 3.04. The van der Waals surface area contributed by atoms with Gasteiger partial charge in [0.25, 0.3) is 0 Å². The minimum absolute atomic E-state index is 0.129. The van der Waals surface area contributed by atoms with E-state index in [9.17, 15) is 4.79 Å². The Bertz CT molecular complexity index is 463. The van der Waals surface area contributed by atoms with E-state index in [1.54, 1.807) is 0 Å². The van der Waals surface area contributed by atoms with Gasteiger partial charge in [-0.3, -0.25) is 4.79 Å². The fourth-order valence-corrected chi connectivity index (χ4v) is 2.64. The molecule has 98 valence electrons. The minimum Gasteiger partial charge on any atom is -0.481 e. The number of anilines is 2. The molecule has 0 saturated heterocycles. The van der Waals surface area contributed by atoms with E-state index in [4.69, 9.17) is 16.7 Å². The van der Waals surface area contributed by atoms with E-state index < -0.39 is 5.97 Å². The normalized spacial score (nSPS) is 14.7. The molecule has 1 aliphatic rings. The van der Waals surface area contributed by atoms with Crippen molar-refractivity contribution >= 4 is 28.9 Å². The highest BCUT2D eigenvalue weighted by molar-refractivity contribution is 6.34. The van der Waals surface area contributed by atoms with Crippen LogP contribution in [0.3, 0.4) is 0 Å². The number of benzene rings is 1. The Kier molecular flexibility index (Phi) is 3.97. The van der Waals surface area contributed by atoms with Crippen LogP contribution in [0, 0.1) is 6.92 Å². The summed E-state index contributed by atoms with van der Waals surface area (Å²) in [5.74, 6) is -0.781. The number of carboxylic acid groups (broad SMARTS) is 1. The molecule has 0 aliphatic carbocycles. The smallest absolute Gasteiger partial charge is 0.305 e. The number of carboxylic acids is 1. The lowest BCUT2D eigenvalue weighted by molar-refractivity contribution is -0.136. The summed E-state index contributed by atoms with van der Waals surface area (Å²) in [4.78, 5) is 12.8. The Hall–Kier alpha value is -1.42. The van der Waals surface area contributed by atoms with Crippen LogP contribution in [0.25, 0.3) is 0 Å². The van der Waals surface area contributed by atoms with Crippen molar-refractivity contribution in [2.75, 3.05) is 29.9 Å². The molecular formula is C13H17ClN2O2. The van der Waals surface area contributed by atoms with Gasteiger partial charge in [-0.05, 0) is 31.0 Å². The highest BCUT2D eigenvalue weighted by atomic mass is 35.5. The lowest BCUT2D eigenvalue weighted by atomic mass is 10.1. The van der Waals surface area contributed by atoms with Gasteiger partial charge in [-0.1, -0.05) is 11.6 Å². The van der Waals surface area contributed by atoms with Gasteiger partial charge in [0.2, 0.25) is 0 Å². The van der Waals surface area contributed by atoms with Crippen LogP contribution in [0.5, 0.6) is 0 Å². The fraction of sp³-hybridized carbons (Fsp3) is 0.462. The van der Waals surface area contributed by atoms with Crippen molar-refractivity contribution in [3.8, 4) is 0 Å². The van der Waals surface area contributed by atoms with Gasteiger partial charge in [-0.15, -0.1) is 0 Å². The van der Waals surface area contributed by atoms with Gasteiger partial charge in [0, 0.05) is 19.6 Å². The maximum atomic E-state index is 10.7. The zero-order chi connectivity index (χ0) is 13.1. The van der Waals surface area contributed by atoms with Crippen LogP contribution >= 0.6 is 11.6 Å². The summed E-state index contributed by atoms with van der Waals surface area (Å²) in [6.45, 7) is 4.21. The molecule has 2 N–H and O–H groups in total. The molecule has 1 heterocycles. The molecule has 2 rings (SSSR count). The first kappa shape index (κ1) is 13.0. The van der Waals surface area contributed by atoms with E-state index in [1.165, 1.54) is 0 Å². The largest absolute Gasteiger partial charge is 0.481 e. The van der Waals surface area contributed by atoms with Crippen LogP contribution in [0.4, 0.5) is 11.4 Å². The second-order valence-corrected chi connectivity index (χ2v) is 4.96. The SMILES string of the molecule is Cc1cc(Cl)c2c(c1)NCCCN2CCC(=O)O. The number of rotatable bonds is 3. The minimum atomic E-state index is -0.781. The lowest BCUT2D eigenvalue weighted by Gasteiger charge is -2.25. The molecule has 0 saturated carbocycles. The van der Waals surface area contributed by atoms with Gasteiger partial charge in [-0.25, -0.2) is 0 Å². The van der Waals surface area contributed by atoms with Crippen LogP contribution in [-0.4, -0.2) is 30.7 Å². The van der Waals surface area contributed by atoms with Gasteiger partial charge in [-0.2, -0.15) is 0 Å². The molecule has 0 spiro atoms. The van der Waals surface area contributed by atoms with Crippen molar-refractivity contribution in [2.45, 2.75) is 19.8 Å². The summed E-state index contributed by atoms with van der Waals surface area (Å²) >= 11 is 6.30. The van der Waals surface area contributed by atoms with Crippen molar-refractivity contribution in [1.82, 2.24) is 0 Å². The molecule has 0 fully saturated rings. The highest BCUT2D eigenvalue weighted by Gasteiger charge is 2.19. The number of nitrogens with zero attached hydrogens (tertiary/aromatic N) is 1. The Labute approximate surface area is 112 Å².